The van der Waals surface area contributed by atoms with Gasteiger partial charge in [-0.15, -0.1) is 0 Å². The number of sulfonamides is 1. The molecule has 31 heavy (non-hydrogen) atoms. The normalized spacial score (nSPS) is 15.4. The number of anilines is 3. The third-order valence-electron chi connectivity index (χ3n) is 5.05. The van der Waals surface area contributed by atoms with E-state index in [0.717, 1.165) is 15.6 Å². The van der Waals surface area contributed by atoms with Crippen LogP contribution >= 0.6 is 0 Å². The summed E-state index contributed by atoms with van der Waals surface area (Å²) in [5, 5.41) is 2.66. The van der Waals surface area contributed by atoms with Crippen LogP contribution in [0.2, 0.25) is 0 Å². The molecule has 2 heterocycles. The largest absolute Gasteiger partial charge is 0.325 e. The number of nitrogens with zero attached hydrogens (tertiary/aromatic N) is 3. The number of pyridine rings is 1. The number of hydrogen-bond acceptors (Lipinski definition) is 5. The lowest BCUT2D eigenvalue weighted by Gasteiger charge is -2.36. The Balaban J connectivity index is 1.64. The smallest absolute Gasteiger partial charge is 0.248 e. The highest BCUT2D eigenvalue weighted by molar-refractivity contribution is 7.89. The lowest BCUT2D eigenvalue weighted by Crippen LogP contribution is -2.47. The lowest BCUT2D eigenvalue weighted by molar-refractivity contribution is -0.116. The van der Waals surface area contributed by atoms with E-state index in [4.69, 9.17) is 0 Å². The third-order valence-corrected chi connectivity index (χ3v) is 6.85. The van der Waals surface area contributed by atoms with E-state index in [1.54, 1.807) is 17.9 Å². The molecule has 1 aliphatic rings. The van der Waals surface area contributed by atoms with Crippen LogP contribution in [-0.2, 0) is 14.8 Å². The summed E-state index contributed by atoms with van der Waals surface area (Å²) < 4.78 is 40.7. The molecular formula is C22H21FN4O3S. The third kappa shape index (κ3) is 4.14. The molecule has 2 aromatic carbocycles. The van der Waals surface area contributed by atoms with Crippen LogP contribution in [0.15, 0.2) is 65.7 Å². The number of amides is 1. The van der Waals surface area contributed by atoms with Crippen LogP contribution in [0.1, 0.15) is 11.1 Å². The van der Waals surface area contributed by atoms with Gasteiger partial charge in [0.05, 0.1) is 13.2 Å². The summed E-state index contributed by atoms with van der Waals surface area (Å²) in [5.74, 6) is -0.612. The number of carbonyl (C=O) groups excluding carboxylic acids is 1. The van der Waals surface area contributed by atoms with Gasteiger partial charge in [-0.25, -0.2) is 17.8 Å². The molecule has 0 aliphatic carbocycles. The fraction of sp³-hybridized carbons (Fsp3) is 0.182. The van der Waals surface area contributed by atoms with E-state index < -0.39 is 28.3 Å². The van der Waals surface area contributed by atoms with Crippen LogP contribution in [0.3, 0.4) is 0 Å². The molecule has 160 valence electrons. The van der Waals surface area contributed by atoms with Gasteiger partial charge in [0, 0.05) is 17.6 Å². The van der Waals surface area contributed by atoms with E-state index in [1.807, 2.05) is 31.2 Å². The van der Waals surface area contributed by atoms with Crippen LogP contribution in [0, 0.1) is 19.7 Å². The van der Waals surface area contributed by atoms with Gasteiger partial charge in [-0.1, -0.05) is 17.7 Å². The van der Waals surface area contributed by atoms with Gasteiger partial charge >= 0.3 is 0 Å². The van der Waals surface area contributed by atoms with Crippen molar-refractivity contribution in [3.8, 4) is 0 Å². The van der Waals surface area contributed by atoms with Crippen molar-refractivity contribution in [3.63, 3.8) is 0 Å². The molecule has 7 nitrogen and oxygen atoms in total. The summed E-state index contributed by atoms with van der Waals surface area (Å²) in [5.41, 5.74) is 2.81. The quantitative estimate of drug-likeness (QED) is 0.671. The first-order valence-corrected chi connectivity index (χ1v) is 11.0. The molecule has 0 radical (unpaired) electrons. The molecule has 0 spiro atoms. The Morgan fingerprint density at radius 3 is 2.58 bits per heavy atom. The van der Waals surface area contributed by atoms with Gasteiger partial charge < -0.3 is 10.2 Å². The number of aromatic nitrogens is 1. The maximum Gasteiger partial charge on any atom is 0.248 e. The highest BCUT2D eigenvalue weighted by Crippen LogP contribution is 2.36. The summed E-state index contributed by atoms with van der Waals surface area (Å²) in [7, 11) is -3.93. The van der Waals surface area contributed by atoms with Gasteiger partial charge in [-0.05, 0) is 61.9 Å². The Kier molecular flexibility index (Phi) is 5.47. The molecule has 0 fully saturated rings. The number of carbonyl (C=O) groups is 1. The molecular weight excluding hydrogens is 419 g/mol. The Morgan fingerprint density at radius 1 is 1.13 bits per heavy atom. The second-order valence-corrected chi connectivity index (χ2v) is 9.26. The fourth-order valence-electron chi connectivity index (χ4n) is 3.41. The monoisotopic (exact) mass is 440 g/mol. The van der Waals surface area contributed by atoms with E-state index in [1.165, 1.54) is 30.5 Å². The zero-order chi connectivity index (χ0) is 22.2. The molecule has 0 saturated heterocycles. The highest BCUT2D eigenvalue weighted by atomic mass is 32.2. The van der Waals surface area contributed by atoms with Crippen LogP contribution in [0.25, 0.3) is 0 Å². The minimum absolute atomic E-state index is 0.0348. The SMILES string of the molecule is Cc1ccc(N2CN(CC(=O)Nc3ccc(F)cc3C)S(=O)(=O)c3cccnc32)cc1. The number of rotatable bonds is 4. The van der Waals surface area contributed by atoms with Crippen molar-refractivity contribution in [2.24, 2.45) is 0 Å². The summed E-state index contributed by atoms with van der Waals surface area (Å²) in [6, 6.07) is 14.6. The summed E-state index contributed by atoms with van der Waals surface area (Å²) in [4.78, 5) is 18.7. The minimum Gasteiger partial charge on any atom is -0.325 e. The van der Waals surface area contributed by atoms with Crippen LogP contribution in [0.5, 0.6) is 0 Å². The maximum atomic E-state index is 13.3. The second-order valence-electron chi connectivity index (χ2n) is 7.35. The van der Waals surface area contributed by atoms with Gasteiger partial charge in [0.1, 0.15) is 10.7 Å². The topological polar surface area (TPSA) is 82.6 Å². The van der Waals surface area contributed by atoms with Crippen LogP contribution in [-0.4, -0.2) is 36.8 Å². The standard InChI is InChI=1S/C22H21FN4O3S/c1-15-5-8-18(9-6-15)27-14-26(31(29,30)20-4-3-11-24-22(20)27)13-21(28)25-19-10-7-17(23)12-16(19)2/h3-12H,13-14H2,1-2H3,(H,25,28). The number of fused-ring (bicyclic) bond motifs is 1. The highest BCUT2D eigenvalue weighted by Gasteiger charge is 2.38. The molecule has 0 unspecified atom stereocenters. The van der Waals surface area contributed by atoms with Crippen molar-refractivity contribution in [2.45, 2.75) is 18.7 Å². The second kappa shape index (κ2) is 8.09. The minimum atomic E-state index is -3.93. The van der Waals surface area contributed by atoms with E-state index in [9.17, 15) is 17.6 Å². The van der Waals surface area contributed by atoms with Crippen LogP contribution < -0.4 is 10.2 Å². The number of benzene rings is 2. The van der Waals surface area contributed by atoms with E-state index in [-0.39, 0.29) is 11.6 Å². The van der Waals surface area contributed by atoms with Gasteiger partial charge in [-0.3, -0.25) is 4.79 Å². The summed E-state index contributed by atoms with van der Waals surface area (Å²) >= 11 is 0. The lowest BCUT2D eigenvalue weighted by atomic mass is 10.2. The first-order chi connectivity index (χ1) is 14.8. The van der Waals surface area contributed by atoms with Crippen molar-refractivity contribution in [3.05, 3.63) is 77.7 Å². The van der Waals surface area contributed by atoms with Crippen molar-refractivity contribution in [1.29, 1.82) is 0 Å². The van der Waals surface area contributed by atoms with Crippen molar-refractivity contribution in [2.75, 3.05) is 23.4 Å². The molecule has 9 heteroatoms. The van der Waals surface area contributed by atoms with Crippen molar-refractivity contribution < 1.29 is 17.6 Å². The van der Waals surface area contributed by atoms with Gasteiger partial charge in [-0.2, -0.15) is 4.31 Å². The molecule has 1 aromatic heterocycles. The predicted octanol–water partition coefficient (Wildman–Crippen LogP) is 3.58. The molecule has 0 bridgehead atoms. The van der Waals surface area contributed by atoms with E-state index >= 15 is 0 Å². The number of halogens is 1. The van der Waals surface area contributed by atoms with Crippen molar-refractivity contribution in [1.82, 2.24) is 9.29 Å². The van der Waals surface area contributed by atoms with Crippen molar-refractivity contribution >= 4 is 33.1 Å². The molecule has 3 aromatic rings. The number of hydrogen-bond donors (Lipinski definition) is 1. The molecule has 0 atom stereocenters. The molecule has 1 N–H and O–H groups in total. The average Bonchev–Trinajstić information content (AvgIpc) is 2.73. The molecule has 0 saturated carbocycles. The van der Waals surface area contributed by atoms with E-state index in [0.29, 0.717) is 17.1 Å². The average molecular weight is 441 g/mol. The molecule has 1 amide bonds. The van der Waals surface area contributed by atoms with Gasteiger partial charge in [0.15, 0.2) is 5.82 Å². The van der Waals surface area contributed by atoms with E-state index in [2.05, 4.69) is 10.3 Å². The molecule has 1 aliphatic heterocycles. The zero-order valence-electron chi connectivity index (χ0n) is 17.0. The fourth-order valence-corrected chi connectivity index (χ4v) is 4.88. The Labute approximate surface area is 180 Å². The zero-order valence-corrected chi connectivity index (χ0v) is 17.9. The number of nitrogens with one attached hydrogen (secondary N) is 1. The summed E-state index contributed by atoms with van der Waals surface area (Å²) in [6.07, 6.45) is 1.54. The Morgan fingerprint density at radius 2 is 1.87 bits per heavy atom. The van der Waals surface area contributed by atoms with Crippen LogP contribution in [0.4, 0.5) is 21.6 Å². The first kappa shape index (κ1) is 21.0. The Bertz CT molecular complexity index is 1250. The predicted molar refractivity (Wildman–Crippen MR) is 116 cm³/mol. The summed E-state index contributed by atoms with van der Waals surface area (Å²) in [6.45, 7) is 3.17. The van der Waals surface area contributed by atoms with Gasteiger partial charge in [0.25, 0.3) is 0 Å². The Hall–Kier alpha value is -3.30. The maximum absolute atomic E-state index is 13.3. The number of aryl methyl sites for hydroxylation is 2. The van der Waals surface area contributed by atoms with Gasteiger partial charge in [0.2, 0.25) is 15.9 Å². The first-order valence-electron chi connectivity index (χ1n) is 9.61. The molecule has 4 rings (SSSR count).